The number of hydrogen-bond donors (Lipinski definition) is 1. The Morgan fingerprint density at radius 3 is 3.14 bits per heavy atom. The third-order valence-corrected chi connectivity index (χ3v) is 2.61. The molecule has 2 rings (SSSR count). The molecule has 0 atom stereocenters. The van der Waals surface area contributed by atoms with Gasteiger partial charge in [-0.05, 0) is 0 Å². The van der Waals surface area contributed by atoms with Crippen LogP contribution in [0.25, 0.3) is 0 Å². The van der Waals surface area contributed by atoms with Gasteiger partial charge in [-0.1, -0.05) is 4.49 Å². The van der Waals surface area contributed by atoms with Gasteiger partial charge in [0.2, 0.25) is 5.91 Å². The summed E-state index contributed by atoms with van der Waals surface area (Å²) < 4.78 is 8.72. The van der Waals surface area contributed by atoms with Crippen LogP contribution in [-0.2, 0) is 16.1 Å². The Hall–Kier alpha value is -1.21. The van der Waals surface area contributed by atoms with E-state index in [1.165, 1.54) is 0 Å². The van der Waals surface area contributed by atoms with Gasteiger partial charge in [-0.25, -0.2) is 0 Å². The van der Waals surface area contributed by atoms with Crippen molar-refractivity contribution in [1.29, 1.82) is 0 Å². The molecular weight excluding hydrogens is 204 g/mol. The van der Waals surface area contributed by atoms with Crippen molar-refractivity contribution in [2.24, 2.45) is 0 Å². The van der Waals surface area contributed by atoms with Crippen LogP contribution in [0.1, 0.15) is 5.69 Å². The quantitative estimate of drug-likeness (QED) is 0.716. The van der Waals surface area contributed by atoms with Gasteiger partial charge in [0.05, 0.1) is 13.2 Å². The van der Waals surface area contributed by atoms with Crippen LogP contribution in [0.2, 0.25) is 0 Å². The normalized spacial score (nSPS) is 17.4. The summed E-state index contributed by atoms with van der Waals surface area (Å²) >= 11 is 1.14. The lowest BCUT2D eigenvalue weighted by molar-refractivity contribution is -0.143. The first-order valence-electron chi connectivity index (χ1n) is 4.19. The SMILES string of the molecule is Nc1snnc1CN1CCOCC1=O. The Labute approximate surface area is 84.8 Å². The van der Waals surface area contributed by atoms with E-state index in [0.717, 1.165) is 11.5 Å². The van der Waals surface area contributed by atoms with E-state index in [2.05, 4.69) is 9.59 Å². The number of carbonyl (C=O) groups excluding carboxylic acids is 1. The maximum absolute atomic E-state index is 11.3. The molecule has 1 amide bonds. The van der Waals surface area contributed by atoms with Gasteiger partial charge in [-0.2, -0.15) is 0 Å². The Morgan fingerprint density at radius 2 is 2.50 bits per heavy atom. The topological polar surface area (TPSA) is 81.3 Å². The number of carbonyl (C=O) groups is 1. The molecule has 2 heterocycles. The Bertz CT molecular complexity index is 340. The molecule has 1 aliphatic heterocycles. The molecule has 0 radical (unpaired) electrons. The molecule has 0 spiro atoms. The molecule has 1 fully saturated rings. The van der Waals surface area contributed by atoms with Crippen LogP contribution in [0.15, 0.2) is 0 Å². The lowest BCUT2D eigenvalue weighted by Crippen LogP contribution is -2.41. The van der Waals surface area contributed by atoms with Crippen LogP contribution in [-0.4, -0.2) is 40.2 Å². The maximum Gasteiger partial charge on any atom is 0.249 e. The molecular formula is C7H10N4O2S. The number of rotatable bonds is 2. The van der Waals surface area contributed by atoms with E-state index in [4.69, 9.17) is 10.5 Å². The van der Waals surface area contributed by atoms with Crippen molar-refractivity contribution >= 4 is 22.4 Å². The lowest BCUT2D eigenvalue weighted by atomic mass is 10.3. The van der Waals surface area contributed by atoms with Crippen molar-refractivity contribution < 1.29 is 9.53 Å². The Morgan fingerprint density at radius 1 is 1.64 bits per heavy atom. The molecule has 1 aromatic rings. The standard InChI is InChI=1S/C7H10N4O2S/c8-7-5(9-10-14-7)3-11-1-2-13-4-6(11)12/h1-4,8H2. The number of morpholine rings is 1. The van der Waals surface area contributed by atoms with E-state index < -0.39 is 0 Å². The average Bonchev–Trinajstić information content (AvgIpc) is 2.56. The fourth-order valence-corrected chi connectivity index (χ4v) is 1.66. The fraction of sp³-hybridized carbons (Fsp3) is 0.571. The van der Waals surface area contributed by atoms with E-state index in [1.54, 1.807) is 4.90 Å². The maximum atomic E-state index is 11.3. The second-order valence-electron chi connectivity index (χ2n) is 2.95. The number of anilines is 1. The molecule has 1 saturated heterocycles. The molecule has 0 unspecified atom stereocenters. The highest BCUT2D eigenvalue weighted by atomic mass is 32.1. The summed E-state index contributed by atoms with van der Waals surface area (Å²) in [6.45, 7) is 1.75. The van der Waals surface area contributed by atoms with Crippen molar-refractivity contribution in [2.45, 2.75) is 6.54 Å². The summed E-state index contributed by atoms with van der Waals surface area (Å²) in [5.41, 5.74) is 6.30. The number of nitrogens with zero attached hydrogens (tertiary/aromatic N) is 3. The van der Waals surface area contributed by atoms with Crippen LogP contribution >= 0.6 is 11.5 Å². The highest BCUT2D eigenvalue weighted by Crippen LogP contribution is 2.15. The van der Waals surface area contributed by atoms with E-state index in [0.29, 0.717) is 30.4 Å². The monoisotopic (exact) mass is 214 g/mol. The van der Waals surface area contributed by atoms with E-state index >= 15 is 0 Å². The summed E-state index contributed by atoms with van der Waals surface area (Å²) in [5.74, 6) is -0.0244. The summed E-state index contributed by atoms with van der Waals surface area (Å²) in [5, 5.41) is 4.43. The zero-order valence-corrected chi connectivity index (χ0v) is 8.29. The molecule has 1 aliphatic rings. The van der Waals surface area contributed by atoms with Crippen molar-refractivity contribution in [3.8, 4) is 0 Å². The van der Waals surface area contributed by atoms with Crippen molar-refractivity contribution in [3.05, 3.63) is 5.69 Å². The first kappa shape index (κ1) is 9.35. The third kappa shape index (κ3) is 1.83. The predicted octanol–water partition coefficient (Wildman–Crippen LogP) is -0.521. The predicted molar refractivity (Wildman–Crippen MR) is 50.6 cm³/mol. The molecule has 2 N–H and O–H groups in total. The molecule has 0 saturated carbocycles. The van der Waals surface area contributed by atoms with Gasteiger partial charge in [0.25, 0.3) is 0 Å². The van der Waals surface area contributed by atoms with Gasteiger partial charge in [-0.3, -0.25) is 4.79 Å². The summed E-state index contributed by atoms with van der Waals surface area (Å²) in [7, 11) is 0. The molecule has 7 heteroatoms. The Kier molecular flexibility index (Phi) is 2.60. The lowest BCUT2D eigenvalue weighted by Gasteiger charge is -2.25. The van der Waals surface area contributed by atoms with Gasteiger partial charge >= 0.3 is 0 Å². The van der Waals surface area contributed by atoms with Crippen LogP contribution in [0.4, 0.5) is 5.00 Å². The van der Waals surface area contributed by atoms with Crippen molar-refractivity contribution in [3.63, 3.8) is 0 Å². The second-order valence-corrected chi connectivity index (χ2v) is 3.74. The van der Waals surface area contributed by atoms with E-state index in [-0.39, 0.29) is 12.5 Å². The number of nitrogen functional groups attached to an aromatic ring is 1. The minimum atomic E-state index is -0.0244. The average molecular weight is 214 g/mol. The number of hydrogen-bond acceptors (Lipinski definition) is 6. The first-order chi connectivity index (χ1) is 6.77. The zero-order valence-electron chi connectivity index (χ0n) is 7.47. The molecule has 76 valence electrons. The summed E-state index contributed by atoms with van der Waals surface area (Å²) in [6.07, 6.45) is 0. The minimum absolute atomic E-state index is 0.0244. The van der Waals surface area contributed by atoms with E-state index in [1.807, 2.05) is 0 Å². The van der Waals surface area contributed by atoms with Crippen LogP contribution in [0, 0.1) is 0 Å². The van der Waals surface area contributed by atoms with Gasteiger partial charge in [0.15, 0.2) is 0 Å². The first-order valence-corrected chi connectivity index (χ1v) is 4.97. The number of nitrogens with two attached hydrogens (primary N) is 1. The smallest absolute Gasteiger partial charge is 0.249 e. The molecule has 6 nitrogen and oxygen atoms in total. The van der Waals surface area contributed by atoms with Crippen molar-refractivity contribution in [2.75, 3.05) is 25.5 Å². The highest BCUT2D eigenvalue weighted by Gasteiger charge is 2.20. The second kappa shape index (κ2) is 3.89. The van der Waals surface area contributed by atoms with Gasteiger partial charge in [-0.15, -0.1) is 5.10 Å². The zero-order chi connectivity index (χ0) is 9.97. The number of aromatic nitrogens is 2. The summed E-state index contributed by atoms with van der Waals surface area (Å²) in [6, 6.07) is 0. The minimum Gasteiger partial charge on any atom is -0.388 e. The molecule has 1 aromatic heterocycles. The largest absolute Gasteiger partial charge is 0.388 e. The highest BCUT2D eigenvalue weighted by molar-refractivity contribution is 7.09. The molecule has 0 aliphatic carbocycles. The summed E-state index contributed by atoms with van der Waals surface area (Å²) in [4.78, 5) is 13.0. The van der Waals surface area contributed by atoms with Crippen LogP contribution in [0.3, 0.4) is 0 Å². The number of amides is 1. The van der Waals surface area contributed by atoms with Gasteiger partial charge in [0, 0.05) is 18.1 Å². The number of ether oxygens (including phenoxy) is 1. The van der Waals surface area contributed by atoms with Crippen LogP contribution in [0.5, 0.6) is 0 Å². The van der Waals surface area contributed by atoms with E-state index in [9.17, 15) is 4.79 Å². The molecule has 14 heavy (non-hydrogen) atoms. The molecule has 0 bridgehead atoms. The van der Waals surface area contributed by atoms with Gasteiger partial charge < -0.3 is 15.4 Å². The van der Waals surface area contributed by atoms with Crippen molar-refractivity contribution in [1.82, 2.24) is 14.5 Å². The van der Waals surface area contributed by atoms with Crippen LogP contribution < -0.4 is 5.73 Å². The Balaban J connectivity index is 2.03. The fourth-order valence-electron chi connectivity index (χ4n) is 1.22. The van der Waals surface area contributed by atoms with Gasteiger partial charge in [0.1, 0.15) is 17.3 Å². The molecule has 0 aromatic carbocycles. The third-order valence-electron chi connectivity index (χ3n) is 2.01.